The minimum atomic E-state index is -5.00. The number of carboxylic acid groups (broad SMARTS) is 1. The minimum absolute atomic E-state index is 0.220. The fraction of sp³-hybridized carbons (Fsp3) is 0.300. The zero-order chi connectivity index (χ0) is 12.4. The van der Waals surface area contributed by atoms with E-state index in [9.17, 15) is 18.0 Å². The summed E-state index contributed by atoms with van der Waals surface area (Å²) in [5.74, 6) is -2.09. The molecule has 0 aromatic heterocycles. The number of alkyl halides is 4. The fourth-order valence-electron chi connectivity index (χ4n) is 1.17. The summed E-state index contributed by atoms with van der Waals surface area (Å²) in [6, 6.07) is 7.45. The Labute approximate surface area is 94.6 Å². The zero-order valence-corrected chi connectivity index (χ0v) is 8.72. The van der Waals surface area contributed by atoms with Crippen LogP contribution in [0.3, 0.4) is 0 Å². The van der Waals surface area contributed by atoms with Gasteiger partial charge in [0.15, 0.2) is 0 Å². The van der Waals surface area contributed by atoms with Crippen molar-refractivity contribution in [1.29, 1.82) is 0 Å². The van der Waals surface area contributed by atoms with Crippen LogP contribution in [0.1, 0.15) is 5.56 Å². The first-order chi connectivity index (χ1) is 7.27. The number of rotatable bonds is 3. The molecule has 2 nitrogen and oxygen atoms in total. The third-order valence-corrected chi connectivity index (χ3v) is 2.59. The van der Waals surface area contributed by atoms with E-state index >= 15 is 0 Å². The van der Waals surface area contributed by atoms with Crippen molar-refractivity contribution in [2.75, 3.05) is 0 Å². The number of aliphatic carboxylic acids is 1. The number of hydrogen-bond acceptors (Lipinski definition) is 1. The second kappa shape index (κ2) is 4.33. The van der Waals surface area contributed by atoms with Crippen LogP contribution in [0.4, 0.5) is 13.2 Å². The molecular formula is C10H8ClF3O2. The van der Waals surface area contributed by atoms with Crippen LogP contribution in [0.2, 0.25) is 0 Å². The Morgan fingerprint density at radius 3 is 2.12 bits per heavy atom. The van der Waals surface area contributed by atoms with Crippen LogP contribution in [0.25, 0.3) is 0 Å². The molecule has 0 spiro atoms. The van der Waals surface area contributed by atoms with Gasteiger partial charge in [0.25, 0.3) is 0 Å². The standard InChI is InChI=1S/C10H8ClF3O2/c11-9(8(15)16,10(12,13)14)6-7-4-2-1-3-5-7/h1-5H,6H2,(H,15,16). The first-order valence-corrected chi connectivity index (χ1v) is 4.68. The average molecular weight is 253 g/mol. The number of hydrogen-bond donors (Lipinski definition) is 1. The summed E-state index contributed by atoms with van der Waals surface area (Å²) in [6.07, 6.45) is -5.80. The second-order valence-electron chi connectivity index (χ2n) is 3.27. The normalized spacial score (nSPS) is 15.5. The lowest BCUT2D eigenvalue weighted by molar-refractivity contribution is -0.184. The summed E-state index contributed by atoms with van der Waals surface area (Å²) < 4.78 is 37.6. The first-order valence-electron chi connectivity index (χ1n) is 4.30. The Hall–Kier alpha value is -1.23. The predicted octanol–water partition coefficient (Wildman–Crippen LogP) is 2.85. The van der Waals surface area contributed by atoms with Gasteiger partial charge in [0.1, 0.15) is 0 Å². The molecule has 0 saturated carbocycles. The molecule has 0 radical (unpaired) electrons. The highest BCUT2D eigenvalue weighted by molar-refractivity contribution is 6.34. The van der Waals surface area contributed by atoms with E-state index in [0.717, 1.165) is 0 Å². The molecule has 1 aromatic carbocycles. The molecule has 0 heterocycles. The van der Waals surface area contributed by atoms with Crippen LogP contribution in [-0.2, 0) is 11.2 Å². The molecule has 1 atom stereocenters. The lowest BCUT2D eigenvalue weighted by Gasteiger charge is -2.25. The molecule has 0 aliphatic heterocycles. The van der Waals surface area contributed by atoms with Gasteiger partial charge in [-0.1, -0.05) is 41.9 Å². The molecule has 1 N–H and O–H groups in total. The quantitative estimate of drug-likeness (QED) is 0.840. The van der Waals surface area contributed by atoms with E-state index in [-0.39, 0.29) is 5.56 Å². The molecule has 1 unspecified atom stereocenters. The lowest BCUT2D eigenvalue weighted by Crippen LogP contribution is -2.48. The van der Waals surface area contributed by atoms with Crippen LogP contribution in [0.15, 0.2) is 30.3 Å². The SMILES string of the molecule is O=C(O)C(Cl)(Cc1ccccc1)C(F)(F)F. The summed E-state index contributed by atoms with van der Waals surface area (Å²) in [4.78, 5) is 7.35. The van der Waals surface area contributed by atoms with Crippen molar-refractivity contribution in [1.82, 2.24) is 0 Å². The van der Waals surface area contributed by atoms with Crippen molar-refractivity contribution in [3.63, 3.8) is 0 Å². The van der Waals surface area contributed by atoms with Gasteiger partial charge >= 0.3 is 12.1 Å². The Morgan fingerprint density at radius 1 is 1.25 bits per heavy atom. The number of benzene rings is 1. The van der Waals surface area contributed by atoms with Gasteiger partial charge in [-0.2, -0.15) is 13.2 Å². The number of halogens is 4. The molecule has 16 heavy (non-hydrogen) atoms. The van der Waals surface area contributed by atoms with E-state index in [4.69, 9.17) is 16.7 Å². The van der Waals surface area contributed by atoms with E-state index in [2.05, 4.69) is 0 Å². The smallest absolute Gasteiger partial charge is 0.418 e. The molecule has 88 valence electrons. The van der Waals surface area contributed by atoms with Crippen molar-refractivity contribution >= 4 is 17.6 Å². The van der Waals surface area contributed by atoms with Crippen molar-refractivity contribution in [3.05, 3.63) is 35.9 Å². The minimum Gasteiger partial charge on any atom is -0.480 e. The summed E-state index contributed by atoms with van der Waals surface area (Å²) in [5.41, 5.74) is 0.220. The molecule has 6 heteroatoms. The van der Waals surface area contributed by atoms with Crippen molar-refractivity contribution in [2.45, 2.75) is 17.5 Å². The van der Waals surface area contributed by atoms with Gasteiger partial charge in [0.05, 0.1) is 0 Å². The molecule has 0 aliphatic rings. The third-order valence-electron chi connectivity index (χ3n) is 2.08. The van der Waals surface area contributed by atoms with Crippen LogP contribution in [0.5, 0.6) is 0 Å². The third kappa shape index (κ3) is 2.47. The predicted molar refractivity (Wildman–Crippen MR) is 52.4 cm³/mol. The molecule has 0 saturated heterocycles. The fourth-order valence-corrected chi connectivity index (χ4v) is 1.33. The van der Waals surface area contributed by atoms with Gasteiger partial charge in [-0.25, -0.2) is 4.79 Å². The van der Waals surface area contributed by atoms with E-state index in [1.807, 2.05) is 0 Å². The molecule has 1 rings (SSSR count). The van der Waals surface area contributed by atoms with Crippen LogP contribution >= 0.6 is 11.6 Å². The van der Waals surface area contributed by atoms with E-state index in [1.165, 1.54) is 24.3 Å². The van der Waals surface area contributed by atoms with Crippen molar-refractivity contribution < 1.29 is 23.1 Å². The second-order valence-corrected chi connectivity index (χ2v) is 3.91. The van der Waals surface area contributed by atoms with E-state index < -0.39 is 23.4 Å². The highest BCUT2D eigenvalue weighted by atomic mass is 35.5. The topological polar surface area (TPSA) is 37.3 Å². The van der Waals surface area contributed by atoms with Gasteiger partial charge in [-0.05, 0) is 5.56 Å². The first kappa shape index (κ1) is 12.8. The zero-order valence-electron chi connectivity index (χ0n) is 7.96. The molecule has 0 fully saturated rings. The molecular weight excluding hydrogens is 245 g/mol. The van der Waals surface area contributed by atoms with Gasteiger partial charge < -0.3 is 5.11 Å². The lowest BCUT2D eigenvalue weighted by atomic mass is 9.98. The van der Waals surface area contributed by atoms with E-state index in [1.54, 1.807) is 6.07 Å². The molecule has 1 aromatic rings. The van der Waals surface area contributed by atoms with Crippen LogP contribution in [-0.4, -0.2) is 22.1 Å². The summed E-state index contributed by atoms with van der Waals surface area (Å²) in [5, 5.41) is 8.58. The maximum atomic E-state index is 12.5. The molecule has 0 amide bonds. The van der Waals surface area contributed by atoms with Crippen LogP contribution < -0.4 is 0 Å². The highest BCUT2D eigenvalue weighted by Gasteiger charge is 2.59. The highest BCUT2D eigenvalue weighted by Crippen LogP contribution is 2.39. The number of carbonyl (C=O) groups is 1. The number of carboxylic acids is 1. The van der Waals surface area contributed by atoms with Crippen molar-refractivity contribution in [2.24, 2.45) is 0 Å². The Bertz CT molecular complexity index is 377. The van der Waals surface area contributed by atoms with Crippen LogP contribution in [0, 0.1) is 0 Å². The molecule has 0 bridgehead atoms. The summed E-state index contributed by atoms with van der Waals surface area (Å²) in [7, 11) is 0. The van der Waals surface area contributed by atoms with Gasteiger partial charge in [-0.3, -0.25) is 0 Å². The molecule has 0 aliphatic carbocycles. The summed E-state index contributed by atoms with van der Waals surface area (Å²) in [6.45, 7) is 0. The maximum absolute atomic E-state index is 12.5. The average Bonchev–Trinajstić information content (AvgIpc) is 2.17. The van der Waals surface area contributed by atoms with E-state index in [0.29, 0.717) is 0 Å². The summed E-state index contributed by atoms with van der Waals surface area (Å²) >= 11 is 5.16. The van der Waals surface area contributed by atoms with Gasteiger partial charge in [0.2, 0.25) is 4.87 Å². The van der Waals surface area contributed by atoms with Crippen molar-refractivity contribution in [3.8, 4) is 0 Å². The largest absolute Gasteiger partial charge is 0.480 e. The van der Waals surface area contributed by atoms with Gasteiger partial charge in [-0.15, -0.1) is 0 Å². The Kier molecular flexibility index (Phi) is 3.48. The Balaban J connectivity index is 3.03. The van der Waals surface area contributed by atoms with Gasteiger partial charge in [0, 0.05) is 6.42 Å². The Morgan fingerprint density at radius 2 is 1.75 bits per heavy atom. The monoisotopic (exact) mass is 252 g/mol. The maximum Gasteiger partial charge on any atom is 0.418 e.